The maximum Gasteiger partial charge on any atom is 0.308 e. The van der Waals surface area contributed by atoms with Gasteiger partial charge in [-0.15, -0.1) is 0 Å². The first-order valence-electron chi connectivity index (χ1n) is 16.9. The van der Waals surface area contributed by atoms with E-state index < -0.39 is 5.60 Å². The molecule has 0 aromatic carbocycles. The van der Waals surface area contributed by atoms with Gasteiger partial charge in [-0.1, -0.05) is 51.9 Å². The topological polar surface area (TPSA) is 109 Å². The van der Waals surface area contributed by atoms with Crippen LogP contribution in [0.2, 0.25) is 0 Å². The summed E-state index contributed by atoms with van der Waals surface area (Å²) in [6.07, 6.45) is 10.8. The van der Waals surface area contributed by atoms with Crippen LogP contribution in [-0.2, 0) is 52.2 Å². The van der Waals surface area contributed by atoms with Crippen molar-refractivity contribution in [2.45, 2.75) is 91.1 Å². The van der Waals surface area contributed by atoms with Gasteiger partial charge in [0.25, 0.3) is 0 Å². The lowest BCUT2D eigenvalue weighted by atomic mass is 10.1. The van der Waals surface area contributed by atoms with Gasteiger partial charge in [0.15, 0.2) is 0 Å². The Morgan fingerprint density at radius 1 is 0.386 bits per heavy atom. The molecule has 0 spiro atoms. The van der Waals surface area contributed by atoms with Gasteiger partial charge in [0.2, 0.25) is 0 Å². The lowest BCUT2D eigenvalue weighted by Gasteiger charge is -2.19. The van der Waals surface area contributed by atoms with Crippen molar-refractivity contribution < 1.29 is 52.2 Å². The van der Waals surface area contributed by atoms with Gasteiger partial charge < -0.3 is 47.4 Å². The van der Waals surface area contributed by atoms with Crippen LogP contribution in [0.5, 0.6) is 0 Å². The molecule has 0 fully saturated rings. The van der Waals surface area contributed by atoms with E-state index >= 15 is 0 Å². The van der Waals surface area contributed by atoms with Crippen LogP contribution in [0, 0.1) is 0 Å². The Kier molecular flexibility index (Phi) is 34.3. The molecule has 0 saturated carbocycles. The summed E-state index contributed by atoms with van der Waals surface area (Å²) in [7, 11) is 0. The van der Waals surface area contributed by atoms with E-state index in [0.717, 1.165) is 13.0 Å². The third kappa shape index (κ3) is 39.1. The molecule has 0 aromatic heterocycles. The molecular weight excluding hydrogens is 572 g/mol. The first kappa shape index (κ1) is 43.1. The molecule has 11 nitrogen and oxygen atoms in total. The van der Waals surface area contributed by atoms with Crippen LogP contribution in [0.3, 0.4) is 0 Å². The molecule has 0 aliphatic heterocycles. The minimum atomic E-state index is -0.468. The fourth-order valence-electron chi connectivity index (χ4n) is 3.75. The van der Waals surface area contributed by atoms with Crippen molar-refractivity contribution in [3.63, 3.8) is 0 Å². The molecule has 44 heavy (non-hydrogen) atoms. The van der Waals surface area contributed by atoms with Crippen LogP contribution in [0.25, 0.3) is 0 Å². The predicted octanol–water partition coefficient (Wildman–Crippen LogP) is 5.01. The van der Waals surface area contributed by atoms with Gasteiger partial charge in [-0.25, -0.2) is 0 Å². The van der Waals surface area contributed by atoms with E-state index in [1.54, 1.807) is 0 Å². The van der Waals surface area contributed by atoms with Gasteiger partial charge in [0, 0.05) is 6.61 Å². The Hall–Kier alpha value is -0.890. The molecule has 0 aliphatic carbocycles. The van der Waals surface area contributed by atoms with Gasteiger partial charge in [-0.05, 0) is 27.2 Å². The molecule has 0 N–H and O–H groups in total. The Morgan fingerprint density at radius 3 is 0.977 bits per heavy atom. The molecular formula is C33H66O11. The summed E-state index contributed by atoms with van der Waals surface area (Å²) in [6, 6.07) is 0. The Labute approximate surface area is 268 Å². The van der Waals surface area contributed by atoms with Crippen molar-refractivity contribution in [2.24, 2.45) is 0 Å². The maximum atomic E-state index is 11.6. The molecule has 264 valence electrons. The van der Waals surface area contributed by atoms with Crippen molar-refractivity contribution in [2.75, 3.05) is 119 Å². The first-order valence-corrected chi connectivity index (χ1v) is 16.9. The average molecular weight is 639 g/mol. The SMILES string of the molecule is CCCCCCCCCCOCCOCCOCCOCCOCCOCCOCCOCCOCCC(=O)OC(C)(C)C. The standard InChI is InChI=1S/C33H66O11/c1-5-6-7-8-9-10-11-12-14-35-16-18-37-20-22-39-24-26-41-28-30-43-31-29-42-27-25-40-23-21-38-19-17-36-15-13-32(34)44-33(2,3)4/h5-31H2,1-4H3. The van der Waals surface area contributed by atoms with Crippen molar-refractivity contribution in [3.05, 3.63) is 0 Å². The highest BCUT2D eigenvalue weighted by Gasteiger charge is 2.15. The Balaban J connectivity index is 3.09. The van der Waals surface area contributed by atoms with Crippen LogP contribution < -0.4 is 0 Å². The highest BCUT2D eigenvalue weighted by atomic mass is 16.6. The fourth-order valence-corrected chi connectivity index (χ4v) is 3.75. The average Bonchev–Trinajstić information content (AvgIpc) is 2.98. The maximum absolute atomic E-state index is 11.6. The summed E-state index contributed by atoms with van der Waals surface area (Å²) in [5, 5.41) is 0. The lowest BCUT2D eigenvalue weighted by Crippen LogP contribution is -2.24. The summed E-state index contributed by atoms with van der Waals surface area (Å²) in [4.78, 5) is 11.6. The van der Waals surface area contributed by atoms with E-state index in [-0.39, 0.29) is 12.4 Å². The smallest absolute Gasteiger partial charge is 0.308 e. The van der Waals surface area contributed by atoms with Crippen LogP contribution in [-0.4, -0.2) is 130 Å². The van der Waals surface area contributed by atoms with Crippen LogP contribution in [0.1, 0.15) is 85.5 Å². The van der Waals surface area contributed by atoms with Gasteiger partial charge in [0.05, 0.1) is 119 Å². The molecule has 0 atom stereocenters. The summed E-state index contributed by atoms with van der Waals surface area (Å²) in [5.74, 6) is -0.259. The number of unbranched alkanes of at least 4 members (excludes halogenated alkanes) is 7. The molecule has 0 aliphatic rings. The van der Waals surface area contributed by atoms with Crippen LogP contribution >= 0.6 is 0 Å². The molecule has 0 saturated heterocycles. The zero-order valence-corrected chi connectivity index (χ0v) is 28.6. The molecule has 0 bridgehead atoms. The first-order chi connectivity index (χ1) is 21.5. The van der Waals surface area contributed by atoms with E-state index in [4.69, 9.17) is 47.4 Å². The number of hydrogen-bond donors (Lipinski definition) is 0. The van der Waals surface area contributed by atoms with E-state index in [1.807, 2.05) is 20.8 Å². The monoisotopic (exact) mass is 638 g/mol. The third-order valence-electron chi connectivity index (χ3n) is 5.99. The van der Waals surface area contributed by atoms with Crippen LogP contribution in [0.15, 0.2) is 0 Å². The summed E-state index contributed by atoms with van der Waals surface area (Å²) in [6.45, 7) is 17.3. The summed E-state index contributed by atoms with van der Waals surface area (Å²) < 4.78 is 54.6. The third-order valence-corrected chi connectivity index (χ3v) is 5.99. The second-order valence-corrected chi connectivity index (χ2v) is 11.3. The zero-order chi connectivity index (χ0) is 32.2. The van der Waals surface area contributed by atoms with E-state index in [9.17, 15) is 4.79 Å². The van der Waals surface area contributed by atoms with Gasteiger partial charge in [-0.3, -0.25) is 4.79 Å². The highest BCUT2D eigenvalue weighted by Crippen LogP contribution is 2.09. The summed E-state index contributed by atoms with van der Waals surface area (Å²) >= 11 is 0. The number of carbonyl (C=O) groups is 1. The van der Waals surface area contributed by atoms with E-state index in [1.165, 1.54) is 44.9 Å². The largest absolute Gasteiger partial charge is 0.460 e. The zero-order valence-electron chi connectivity index (χ0n) is 28.6. The van der Waals surface area contributed by atoms with Crippen LogP contribution in [0.4, 0.5) is 0 Å². The number of hydrogen-bond acceptors (Lipinski definition) is 11. The van der Waals surface area contributed by atoms with Crippen molar-refractivity contribution in [1.82, 2.24) is 0 Å². The van der Waals surface area contributed by atoms with E-state index in [2.05, 4.69) is 6.92 Å². The quantitative estimate of drug-likeness (QED) is 0.0683. The van der Waals surface area contributed by atoms with Crippen molar-refractivity contribution >= 4 is 5.97 Å². The molecule has 11 heteroatoms. The molecule has 0 aromatic rings. The Morgan fingerprint density at radius 2 is 0.659 bits per heavy atom. The number of esters is 1. The normalized spacial score (nSPS) is 11.8. The number of rotatable bonds is 36. The van der Waals surface area contributed by atoms with Gasteiger partial charge in [-0.2, -0.15) is 0 Å². The number of ether oxygens (including phenoxy) is 10. The molecule has 0 radical (unpaired) electrons. The predicted molar refractivity (Wildman–Crippen MR) is 170 cm³/mol. The fraction of sp³-hybridized carbons (Fsp3) is 0.970. The molecule has 0 amide bonds. The molecule has 0 rings (SSSR count). The second-order valence-electron chi connectivity index (χ2n) is 11.3. The van der Waals surface area contributed by atoms with Crippen molar-refractivity contribution in [1.29, 1.82) is 0 Å². The lowest BCUT2D eigenvalue weighted by molar-refractivity contribution is -0.156. The van der Waals surface area contributed by atoms with Crippen molar-refractivity contribution in [3.8, 4) is 0 Å². The van der Waals surface area contributed by atoms with Gasteiger partial charge >= 0.3 is 5.97 Å². The second kappa shape index (κ2) is 35.0. The minimum Gasteiger partial charge on any atom is -0.460 e. The Bertz CT molecular complexity index is 572. The highest BCUT2D eigenvalue weighted by molar-refractivity contribution is 5.69. The summed E-state index contributed by atoms with van der Waals surface area (Å²) in [5.41, 5.74) is -0.468. The number of carbonyl (C=O) groups excluding carboxylic acids is 1. The van der Waals surface area contributed by atoms with Gasteiger partial charge in [0.1, 0.15) is 5.60 Å². The van der Waals surface area contributed by atoms with E-state index in [0.29, 0.717) is 112 Å². The molecule has 0 heterocycles. The minimum absolute atomic E-state index is 0.238. The molecule has 0 unspecified atom stereocenters.